The maximum Gasteiger partial charge on any atom is 0.153 e. The number of thioether (sulfide) groups is 1. The van der Waals surface area contributed by atoms with E-state index in [1.165, 1.54) is 37.2 Å². The van der Waals surface area contributed by atoms with E-state index in [0.29, 0.717) is 12.0 Å². The van der Waals surface area contributed by atoms with Gasteiger partial charge in [-0.3, -0.25) is 5.10 Å². The zero-order valence-corrected chi connectivity index (χ0v) is 10.2. The average Bonchev–Trinajstić information content (AvgIpc) is 3.01. The van der Waals surface area contributed by atoms with E-state index < -0.39 is 0 Å². The van der Waals surface area contributed by atoms with Crippen LogP contribution in [0.4, 0.5) is 0 Å². The molecule has 88 valence electrons. The molecule has 2 saturated heterocycles. The Kier molecular flexibility index (Phi) is 3.15. The molecular weight excluding hydrogens is 220 g/mol. The molecule has 0 spiro atoms. The van der Waals surface area contributed by atoms with E-state index in [4.69, 9.17) is 0 Å². The lowest BCUT2D eigenvalue weighted by atomic mass is 10.0. The first kappa shape index (κ1) is 10.6. The second kappa shape index (κ2) is 4.75. The van der Waals surface area contributed by atoms with E-state index in [1.54, 1.807) is 0 Å². The van der Waals surface area contributed by atoms with Gasteiger partial charge in [0.1, 0.15) is 5.82 Å². The second-order valence-electron chi connectivity index (χ2n) is 4.61. The summed E-state index contributed by atoms with van der Waals surface area (Å²) in [4.78, 5) is 4.68. The normalized spacial score (nSPS) is 27.4. The van der Waals surface area contributed by atoms with Gasteiger partial charge in [0.05, 0.1) is 6.04 Å². The fourth-order valence-electron chi connectivity index (χ4n) is 2.50. The van der Waals surface area contributed by atoms with Crippen molar-refractivity contribution in [3.63, 3.8) is 0 Å². The van der Waals surface area contributed by atoms with Gasteiger partial charge in [-0.15, -0.1) is 0 Å². The molecule has 4 nitrogen and oxygen atoms in total. The highest BCUT2D eigenvalue weighted by Crippen LogP contribution is 2.30. The van der Waals surface area contributed by atoms with Gasteiger partial charge in [-0.25, -0.2) is 4.98 Å². The third kappa shape index (κ3) is 2.11. The number of H-pyrrole nitrogens is 1. The predicted molar refractivity (Wildman–Crippen MR) is 65.7 cm³/mol. The molecule has 3 heterocycles. The molecule has 0 bridgehead atoms. The van der Waals surface area contributed by atoms with E-state index in [9.17, 15) is 0 Å². The largest absolute Gasteiger partial charge is 0.307 e. The third-order valence-electron chi connectivity index (χ3n) is 3.50. The van der Waals surface area contributed by atoms with Crippen LogP contribution in [-0.2, 0) is 0 Å². The first-order chi connectivity index (χ1) is 7.93. The molecule has 5 heteroatoms. The number of hydrogen-bond acceptors (Lipinski definition) is 4. The highest BCUT2D eigenvalue weighted by atomic mass is 32.2. The molecule has 2 aliphatic rings. The number of aromatic amines is 1. The first-order valence-corrected chi connectivity index (χ1v) is 7.32. The van der Waals surface area contributed by atoms with Crippen LogP contribution in [0.1, 0.15) is 49.3 Å². The van der Waals surface area contributed by atoms with Crippen molar-refractivity contribution in [1.82, 2.24) is 20.5 Å². The van der Waals surface area contributed by atoms with Crippen molar-refractivity contribution in [3.8, 4) is 0 Å². The van der Waals surface area contributed by atoms with E-state index in [0.717, 1.165) is 18.2 Å². The van der Waals surface area contributed by atoms with E-state index in [-0.39, 0.29) is 0 Å². The fourth-order valence-corrected chi connectivity index (χ4v) is 3.61. The van der Waals surface area contributed by atoms with Gasteiger partial charge in [0, 0.05) is 5.92 Å². The Morgan fingerprint density at radius 3 is 2.81 bits per heavy atom. The monoisotopic (exact) mass is 238 g/mol. The van der Waals surface area contributed by atoms with Gasteiger partial charge in [-0.2, -0.15) is 16.9 Å². The van der Waals surface area contributed by atoms with Crippen molar-refractivity contribution in [2.24, 2.45) is 0 Å². The van der Waals surface area contributed by atoms with Crippen molar-refractivity contribution in [2.75, 3.05) is 18.1 Å². The highest BCUT2D eigenvalue weighted by Gasteiger charge is 2.23. The standard InChI is InChI=1S/C11H18N4S/c1-2-9(12-5-1)11-13-10(14-15-11)8-3-6-16-7-4-8/h8-9,12H,1-7H2,(H,13,14,15). The Bertz CT molecular complexity index is 340. The average molecular weight is 238 g/mol. The predicted octanol–water partition coefficient (Wildman–Crippen LogP) is 1.84. The lowest BCUT2D eigenvalue weighted by Crippen LogP contribution is -2.14. The van der Waals surface area contributed by atoms with Crippen LogP contribution in [-0.4, -0.2) is 33.2 Å². The van der Waals surface area contributed by atoms with Crippen LogP contribution in [0, 0.1) is 0 Å². The Morgan fingerprint density at radius 1 is 1.19 bits per heavy atom. The number of aromatic nitrogens is 3. The zero-order chi connectivity index (χ0) is 10.8. The van der Waals surface area contributed by atoms with Crippen LogP contribution in [0.15, 0.2) is 0 Å². The van der Waals surface area contributed by atoms with Crippen molar-refractivity contribution in [2.45, 2.75) is 37.6 Å². The number of nitrogens with one attached hydrogen (secondary N) is 2. The summed E-state index contributed by atoms with van der Waals surface area (Å²) in [5, 5.41) is 11.0. The number of rotatable bonds is 2. The smallest absolute Gasteiger partial charge is 0.153 e. The Balaban J connectivity index is 1.71. The van der Waals surface area contributed by atoms with Gasteiger partial charge in [0.15, 0.2) is 5.82 Å². The SMILES string of the molecule is C1CNC(c2nc(C3CCSCC3)n[nH]2)C1. The van der Waals surface area contributed by atoms with E-state index >= 15 is 0 Å². The first-order valence-electron chi connectivity index (χ1n) is 6.17. The third-order valence-corrected chi connectivity index (χ3v) is 4.55. The Labute approximate surface area is 100.0 Å². The van der Waals surface area contributed by atoms with Crippen LogP contribution in [0.2, 0.25) is 0 Å². The minimum atomic E-state index is 0.416. The topological polar surface area (TPSA) is 53.6 Å². The number of nitrogens with zero attached hydrogens (tertiary/aromatic N) is 2. The van der Waals surface area contributed by atoms with E-state index in [2.05, 4.69) is 20.5 Å². The van der Waals surface area contributed by atoms with Crippen LogP contribution in [0.25, 0.3) is 0 Å². The molecule has 0 saturated carbocycles. The lowest BCUT2D eigenvalue weighted by molar-refractivity contribution is 0.591. The van der Waals surface area contributed by atoms with Crippen LogP contribution < -0.4 is 5.32 Å². The Morgan fingerprint density at radius 2 is 2.06 bits per heavy atom. The molecule has 2 fully saturated rings. The highest BCUT2D eigenvalue weighted by molar-refractivity contribution is 7.99. The van der Waals surface area contributed by atoms with Crippen LogP contribution in [0.3, 0.4) is 0 Å². The molecule has 3 rings (SSSR count). The summed E-state index contributed by atoms with van der Waals surface area (Å²) in [6.07, 6.45) is 4.91. The molecule has 1 aromatic rings. The summed E-state index contributed by atoms with van der Waals surface area (Å²) in [6.45, 7) is 1.11. The van der Waals surface area contributed by atoms with Crippen molar-refractivity contribution in [3.05, 3.63) is 11.6 Å². The number of hydrogen-bond donors (Lipinski definition) is 2. The maximum absolute atomic E-state index is 4.68. The molecule has 2 aliphatic heterocycles. The Hall–Kier alpha value is -0.550. The molecule has 0 aliphatic carbocycles. The molecule has 1 aromatic heterocycles. The summed E-state index contributed by atoms with van der Waals surface area (Å²) in [5.41, 5.74) is 0. The quantitative estimate of drug-likeness (QED) is 0.825. The second-order valence-corrected chi connectivity index (χ2v) is 5.84. The fraction of sp³-hybridized carbons (Fsp3) is 0.818. The molecule has 0 amide bonds. The van der Waals surface area contributed by atoms with Gasteiger partial charge in [0.25, 0.3) is 0 Å². The van der Waals surface area contributed by atoms with Crippen LogP contribution in [0.5, 0.6) is 0 Å². The van der Waals surface area contributed by atoms with Gasteiger partial charge < -0.3 is 5.32 Å². The van der Waals surface area contributed by atoms with Gasteiger partial charge in [0.2, 0.25) is 0 Å². The summed E-state index contributed by atoms with van der Waals surface area (Å²) in [6, 6.07) is 0.416. The van der Waals surface area contributed by atoms with Crippen molar-refractivity contribution < 1.29 is 0 Å². The molecule has 16 heavy (non-hydrogen) atoms. The summed E-state index contributed by atoms with van der Waals surface area (Å²) in [5.74, 6) is 5.20. The van der Waals surface area contributed by atoms with Gasteiger partial charge in [-0.1, -0.05) is 0 Å². The molecule has 1 unspecified atom stereocenters. The summed E-state index contributed by atoms with van der Waals surface area (Å²) in [7, 11) is 0. The molecule has 1 atom stereocenters. The molecule has 0 aromatic carbocycles. The summed E-state index contributed by atoms with van der Waals surface area (Å²) < 4.78 is 0. The minimum Gasteiger partial charge on any atom is -0.307 e. The van der Waals surface area contributed by atoms with Crippen LogP contribution >= 0.6 is 11.8 Å². The molecule has 2 N–H and O–H groups in total. The maximum atomic E-state index is 4.68. The lowest BCUT2D eigenvalue weighted by Gasteiger charge is -2.17. The summed E-state index contributed by atoms with van der Waals surface area (Å²) >= 11 is 2.05. The van der Waals surface area contributed by atoms with Gasteiger partial charge >= 0.3 is 0 Å². The van der Waals surface area contributed by atoms with Gasteiger partial charge in [-0.05, 0) is 43.7 Å². The minimum absolute atomic E-state index is 0.416. The van der Waals surface area contributed by atoms with Crippen molar-refractivity contribution in [1.29, 1.82) is 0 Å². The molecule has 0 radical (unpaired) electrons. The molecular formula is C11H18N4S. The van der Waals surface area contributed by atoms with E-state index in [1.807, 2.05) is 11.8 Å². The van der Waals surface area contributed by atoms with Crippen molar-refractivity contribution >= 4 is 11.8 Å². The zero-order valence-electron chi connectivity index (χ0n) is 9.41.